The molecule has 0 saturated heterocycles. The number of rotatable bonds is 2. The van der Waals surface area contributed by atoms with Gasteiger partial charge in [0.05, 0.1) is 0 Å². The first-order chi connectivity index (χ1) is 8.68. The fourth-order valence-electron chi connectivity index (χ4n) is 2.61. The Kier molecular flexibility index (Phi) is 5.02. The summed E-state index contributed by atoms with van der Waals surface area (Å²) in [5.74, 6) is 0. The molecule has 1 aromatic rings. The van der Waals surface area contributed by atoms with Crippen LogP contribution in [0.5, 0.6) is 0 Å². The molecule has 1 unspecified atom stereocenters. The lowest BCUT2D eigenvalue weighted by atomic mass is 9.91. The van der Waals surface area contributed by atoms with Crippen molar-refractivity contribution in [2.75, 3.05) is 0 Å². The molecule has 0 spiro atoms. The average Bonchev–Trinajstić information content (AvgIpc) is 2.27. The molecule has 18 heavy (non-hydrogen) atoms. The largest absolute Gasteiger partial charge is 0.384 e. The van der Waals surface area contributed by atoms with Crippen molar-refractivity contribution in [3.63, 3.8) is 0 Å². The van der Waals surface area contributed by atoms with Gasteiger partial charge in [-0.1, -0.05) is 40.9 Å². The summed E-state index contributed by atoms with van der Waals surface area (Å²) in [6, 6.07) is 6.11. The van der Waals surface area contributed by atoms with E-state index in [2.05, 4.69) is 35.0 Å². The zero-order valence-electron chi connectivity index (χ0n) is 11.0. The number of aryl methyl sites for hydroxylation is 1. The molecule has 0 saturated carbocycles. The molecule has 1 atom stereocenters. The predicted molar refractivity (Wildman–Crippen MR) is 79.6 cm³/mol. The average molecular weight is 309 g/mol. The van der Waals surface area contributed by atoms with Crippen molar-refractivity contribution < 1.29 is 5.11 Å². The van der Waals surface area contributed by atoms with Crippen LogP contribution in [0.25, 0.3) is 0 Å². The maximum Gasteiger partial charge on any atom is 0.100 e. The smallest absolute Gasteiger partial charge is 0.100 e. The second-order valence-corrected chi connectivity index (χ2v) is 6.05. The maximum absolute atomic E-state index is 10.6. The lowest BCUT2D eigenvalue weighted by molar-refractivity contribution is 0.208. The van der Waals surface area contributed by atoms with E-state index in [9.17, 15) is 5.11 Å². The summed E-state index contributed by atoms with van der Waals surface area (Å²) in [6.07, 6.45) is 9.08. The Bertz CT molecular complexity index is 437. The van der Waals surface area contributed by atoms with Gasteiger partial charge >= 0.3 is 0 Å². The number of benzene rings is 1. The zero-order chi connectivity index (χ0) is 13.0. The maximum atomic E-state index is 10.6. The van der Waals surface area contributed by atoms with E-state index in [4.69, 9.17) is 0 Å². The topological polar surface area (TPSA) is 20.2 Å². The third kappa shape index (κ3) is 3.46. The number of aliphatic hydroxyl groups is 1. The number of hydrogen-bond donors (Lipinski definition) is 1. The molecule has 98 valence electrons. The molecule has 1 nitrogen and oxygen atoms in total. The van der Waals surface area contributed by atoms with Crippen molar-refractivity contribution in [1.82, 2.24) is 0 Å². The Morgan fingerprint density at radius 2 is 1.94 bits per heavy atom. The summed E-state index contributed by atoms with van der Waals surface area (Å²) >= 11 is 3.47. The third-order valence-electron chi connectivity index (χ3n) is 3.70. The van der Waals surface area contributed by atoms with Gasteiger partial charge in [0.2, 0.25) is 0 Å². The molecule has 1 N–H and O–H groups in total. The third-order valence-corrected chi connectivity index (χ3v) is 4.20. The minimum Gasteiger partial charge on any atom is -0.384 e. The number of allylic oxidation sites excluding steroid dienone is 1. The Morgan fingerprint density at radius 3 is 2.72 bits per heavy atom. The molecule has 0 bridgehead atoms. The molecular formula is C16H21BrO. The highest BCUT2D eigenvalue weighted by Crippen LogP contribution is 2.31. The number of halogens is 1. The van der Waals surface area contributed by atoms with Crippen molar-refractivity contribution in [1.29, 1.82) is 0 Å². The van der Waals surface area contributed by atoms with E-state index in [-0.39, 0.29) is 0 Å². The predicted octanol–water partition coefficient (Wildman–Crippen LogP) is 5.07. The lowest BCUT2D eigenvalue weighted by Crippen LogP contribution is -2.05. The Labute approximate surface area is 118 Å². The van der Waals surface area contributed by atoms with Crippen LogP contribution in [0.3, 0.4) is 0 Å². The lowest BCUT2D eigenvalue weighted by Gasteiger charge is -2.19. The molecule has 0 radical (unpaired) electrons. The van der Waals surface area contributed by atoms with E-state index >= 15 is 0 Å². The fourth-order valence-corrected chi connectivity index (χ4v) is 3.09. The first-order valence-corrected chi connectivity index (χ1v) is 7.61. The van der Waals surface area contributed by atoms with Gasteiger partial charge in [-0.05, 0) is 61.4 Å². The highest BCUT2D eigenvalue weighted by molar-refractivity contribution is 9.10. The van der Waals surface area contributed by atoms with Crippen molar-refractivity contribution in [3.8, 4) is 0 Å². The van der Waals surface area contributed by atoms with E-state index in [1.807, 2.05) is 12.1 Å². The van der Waals surface area contributed by atoms with Crippen LogP contribution in [0.4, 0.5) is 0 Å². The summed E-state index contributed by atoms with van der Waals surface area (Å²) in [5, 5.41) is 10.6. The summed E-state index contributed by atoms with van der Waals surface area (Å²) in [6.45, 7) is 2.06. The second-order valence-electron chi connectivity index (χ2n) is 5.14. The van der Waals surface area contributed by atoms with Gasteiger partial charge in [-0.25, -0.2) is 0 Å². The van der Waals surface area contributed by atoms with Gasteiger partial charge in [-0.3, -0.25) is 0 Å². The quantitative estimate of drug-likeness (QED) is 0.756. The monoisotopic (exact) mass is 308 g/mol. The minimum absolute atomic E-state index is 0.420. The first-order valence-electron chi connectivity index (χ1n) is 6.81. The van der Waals surface area contributed by atoms with Crippen LogP contribution < -0.4 is 0 Å². The molecule has 2 heteroatoms. The van der Waals surface area contributed by atoms with E-state index < -0.39 is 6.10 Å². The molecule has 1 aromatic carbocycles. The summed E-state index contributed by atoms with van der Waals surface area (Å²) in [4.78, 5) is 0. The molecule has 0 heterocycles. The van der Waals surface area contributed by atoms with E-state index in [1.165, 1.54) is 31.3 Å². The summed E-state index contributed by atoms with van der Waals surface area (Å²) in [7, 11) is 0. The van der Waals surface area contributed by atoms with Gasteiger partial charge < -0.3 is 5.11 Å². The molecule has 1 aliphatic carbocycles. The van der Waals surface area contributed by atoms with Gasteiger partial charge in [0.1, 0.15) is 6.10 Å². The van der Waals surface area contributed by atoms with Crippen molar-refractivity contribution in [2.24, 2.45) is 0 Å². The van der Waals surface area contributed by atoms with Crippen LogP contribution >= 0.6 is 15.9 Å². The van der Waals surface area contributed by atoms with Crippen LogP contribution in [-0.4, -0.2) is 5.11 Å². The molecule has 2 rings (SSSR count). The molecule has 1 aliphatic rings. The van der Waals surface area contributed by atoms with Crippen molar-refractivity contribution in [2.45, 2.75) is 51.6 Å². The van der Waals surface area contributed by atoms with Crippen molar-refractivity contribution >= 4 is 15.9 Å². The standard InChI is InChI=1S/C16H21BrO/c1-12-11-14(17)9-10-15(12)16(18)13-7-5-3-2-4-6-8-13/h7,9-11,16,18H,2-6,8H2,1H3/b13-7+. The number of aliphatic hydroxyl groups excluding tert-OH is 1. The van der Waals surface area contributed by atoms with Gasteiger partial charge in [0.15, 0.2) is 0 Å². The van der Waals surface area contributed by atoms with E-state index in [1.54, 1.807) is 0 Å². The zero-order valence-corrected chi connectivity index (χ0v) is 12.5. The minimum atomic E-state index is -0.420. The SMILES string of the molecule is Cc1cc(Br)ccc1C(O)/C1=C/CCCCCC1. The molecule has 0 aromatic heterocycles. The highest BCUT2D eigenvalue weighted by atomic mass is 79.9. The molecule has 0 amide bonds. The van der Waals surface area contributed by atoms with Gasteiger partial charge in [0, 0.05) is 4.47 Å². The number of hydrogen-bond acceptors (Lipinski definition) is 1. The Balaban J connectivity index is 2.20. The Morgan fingerprint density at radius 1 is 1.17 bits per heavy atom. The van der Waals surface area contributed by atoms with E-state index in [0.29, 0.717) is 0 Å². The molecule has 0 aliphatic heterocycles. The first kappa shape index (κ1) is 13.8. The summed E-state index contributed by atoms with van der Waals surface area (Å²) < 4.78 is 1.07. The molecule has 0 fully saturated rings. The second kappa shape index (κ2) is 6.53. The van der Waals surface area contributed by atoms with Crippen LogP contribution in [0.15, 0.2) is 34.3 Å². The van der Waals surface area contributed by atoms with Crippen molar-refractivity contribution in [3.05, 3.63) is 45.4 Å². The van der Waals surface area contributed by atoms with Crippen LogP contribution in [0, 0.1) is 6.92 Å². The van der Waals surface area contributed by atoms with Crippen LogP contribution in [-0.2, 0) is 0 Å². The van der Waals surface area contributed by atoms with Crippen LogP contribution in [0.2, 0.25) is 0 Å². The fraction of sp³-hybridized carbons (Fsp3) is 0.500. The Hall–Kier alpha value is -0.600. The van der Waals surface area contributed by atoms with Gasteiger partial charge in [0.25, 0.3) is 0 Å². The normalized spacial score (nSPS) is 21.6. The van der Waals surface area contributed by atoms with Gasteiger partial charge in [-0.15, -0.1) is 0 Å². The van der Waals surface area contributed by atoms with Gasteiger partial charge in [-0.2, -0.15) is 0 Å². The van der Waals surface area contributed by atoms with Crippen LogP contribution in [0.1, 0.15) is 55.8 Å². The summed E-state index contributed by atoms with van der Waals surface area (Å²) in [5.41, 5.74) is 3.41. The highest BCUT2D eigenvalue weighted by Gasteiger charge is 2.16. The van der Waals surface area contributed by atoms with E-state index in [0.717, 1.165) is 28.4 Å². The molecular weight excluding hydrogens is 288 g/mol.